The van der Waals surface area contributed by atoms with E-state index in [0.29, 0.717) is 41.5 Å². The van der Waals surface area contributed by atoms with Crippen LogP contribution < -0.4 is 15.4 Å². The van der Waals surface area contributed by atoms with E-state index in [1.807, 2.05) is 42.5 Å². The SMILES string of the molecule is COc1ccccc1C(=O)NCCCNc1cc(-c2ccccc2Cl)nc2c(Br)cnn12. The fourth-order valence-electron chi connectivity index (χ4n) is 3.30. The molecule has 164 valence electrons. The third-order valence-electron chi connectivity index (χ3n) is 4.88. The molecule has 1 amide bonds. The maximum absolute atomic E-state index is 12.4. The van der Waals surface area contributed by atoms with Crippen LogP contribution in [-0.2, 0) is 0 Å². The zero-order chi connectivity index (χ0) is 22.5. The molecule has 4 rings (SSSR count). The number of aromatic nitrogens is 3. The first-order valence-corrected chi connectivity index (χ1v) is 11.2. The van der Waals surface area contributed by atoms with Crippen LogP contribution in [0.4, 0.5) is 5.82 Å². The van der Waals surface area contributed by atoms with E-state index in [4.69, 9.17) is 21.3 Å². The summed E-state index contributed by atoms with van der Waals surface area (Å²) in [6.45, 7) is 1.14. The van der Waals surface area contributed by atoms with E-state index in [9.17, 15) is 4.79 Å². The molecule has 0 unspecified atom stereocenters. The molecule has 2 aromatic heterocycles. The van der Waals surface area contributed by atoms with Gasteiger partial charge >= 0.3 is 0 Å². The number of amides is 1. The summed E-state index contributed by atoms with van der Waals surface area (Å²) in [5.74, 6) is 1.18. The number of ether oxygens (including phenoxy) is 1. The Morgan fingerprint density at radius 3 is 2.75 bits per heavy atom. The highest BCUT2D eigenvalue weighted by atomic mass is 79.9. The maximum Gasteiger partial charge on any atom is 0.255 e. The summed E-state index contributed by atoms with van der Waals surface area (Å²) in [5, 5.41) is 11.3. The first kappa shape index (κ1) is 22.1. The number of benzene rings is 2. The number of nitrogens with one attached hydrogen (secondary N) is 2. The van der Waals surface area contributed by atoms with E-state index in [1.54, 1.807) is 30.0 Å². The van der Waals surface area contributed by atoms with Gasteiger partial charge in [0.25, 0.3) is 5.91 Å². The number of rotatable bonds is 8. The van der Waals surface area contributed by atoms with E-state index >= 15 is 0 Å². The number of para-hydroxylation sites is 1. The minimum atomic E-state index is -0.161. The van der Waals surface area contributed by atoms with Crippen LogP contribution in [0.1, 0.15) is 16.8 Å². The second-order valence-corrected chi connectivity index (χ2v) is 8.23. The summed E-state index contributed by atoms with van der Waals surface area (Å²) in [6, 6.07) is 16.7. The first-order chi connectivity index (χ1) is 15.6. The predicted molar refractivity (Wildman–Crippen MR) is 130 cm³/mol. The molecule has 4 aromatic rings. The summed E-state index contributed by atoms with van der Waals surface area (Å²) < 4.78 is 7.77. The summed E-state index contributed by atoms with van der Waals surface area (Å²) in [4.78, 5) is 17.1. The van der Waals surface area contributed by atoms with Crippen molar-refractivity contribution in [1.29, 1.82) is 0 Å². The van der Waals surface area contributed by atoms with Gasteiger partial charge in [-0.1, -0.05) is 41.9 Å². The van der Waals surface area contributed by atoms with E-state index in [1.165, 1.54) is 0 Å². The van der Waals surface area contributed by atoms with Crippen LogP contribution in [0.25, 0.3) is 16.9 Å². The quantitative estimate of drug-likeness (QED) is 0.322. The lowest BCUT2D eigenvalue weighted by atomic mass is 10.1. The summed E-state index contributed by atoms with van der Waals surface area (Å²) in [5.41, 5.74) is 2.80. The van der Waals surface area contributed by atoms with Crippen LogP contribution in [0.3, 0.4) is 0 Å². The first-order valence-electron chi connectivity index (χ1n) is 10.0. The second kappa shape index (κ2) is 10.0. The standard InChI is InChI=1S/C23H21BrClN5O2/c1-32-20-10-5-3-8-16(20)23(31)27-12-6-11-26-21-13-19(15-7-2-4-9-18(15)25)29-22-17(24)14-28-30(21)22/h2-5,7-10,13-14,26H,6,11-12H2,1H3,(H,27,31). The molecular weight excluding hydrogens is 494 g/mol. The minimum Gasteiger partial charge on any atom is -0.496 e. The molecule has 0 atom stereocenters. The molecule has 0 spiro atoms. The molecule has 0 saturated heterocycles. The Balaban J connectivity index is 1.43. The number of hydrogen-bond acceptors (Lipinski definition) is 5. The van der Waals surface area contributed by atoms with Crippen LogP contribution in [0.5, 0.6) is 5.75 Å². The average Bonchev–Trinajstić information content (AvgIpc) is 3.19. The van der Waals surface area contributed by atoms with Gasteiger partial charge in [0.1, 0.15) is 11.6 Å². The highest BCUT2D eigenvalue weighted by Gasteiger charge is 2.13. The fourth-order valence-corrected chi connectivity index (χ4v) is 3.88. The zero-order valence-corrected chi connectivity index (χ0v) is 19.7. The topological polar surface area (TPSA) is 80.5 Å². The Morgan fingerprint density at radius 2 is 1.94 bits per heavy atom. The third kappa shape index (κ3) is 4.71. The van der Waals surface area contributed by atoms with Gasteiger partial charge in [-0.2, -0.15) is 9.61 Å². The van der Waals surface area contributed by atoms with Crippen molar-refractivity contribution in [3.8, 4) is 17.0 Å². The van der Waals surface area contributed by atoms with Crippen molar-refractivity contribution in [3.05, 3.63) is 75.9 Å². The Labute approximate surface area is 198 Å². The van der Waals surface area contributed by atoms with Gasteiger partial charge in [-0.3, -0.25) is 4.79 Å². The third-order valence-corrected chi connectivity index (χ3v) is 5.76. The lowest BCUT2D eigenvalue weighted by Gasteiger charge is -2.12. The van der Waals surface area contributed by atoms with Crippen LogP contribution >= 0.6 is 27.5 Å². The Bertz CT molecular complexity index is 1260. The highest BCUT2D eigenvalue weighted by molar-refractivity contribution is 9.10. The highest BCUT2D eigenvalue weighted by Crippen LogP contribution is 2.30. The van der Waals surface area contributed by atoms with Crippen molar-refractivity contribution in [1.82, 2.24) is 19.9 Å². The van der Waals surface area contributed by atoms with Gasteiger partial charge in [-0.25, -0.2) is 4.98 Å². The molecule has 9 heteroatoms. The monoisotopic (exact) mass is 513 g/mol. The van der Waals surface area contributed by atoms with Crippen LogP contribution in [0.2, 0.25) is 5.02 Å². The van der Waals surface area contributed by atoms with Gasteiger partial charge in [0.05, 0.1) is 29.0 Å². The molecule has 0 saturated carbocycles. The predicted octanol–water partition coefficient (Wildman–Crippen LogP) is 5.05. The van der Waals surface area contributed by atoms with Crippen molar-refractivity contribution in [2.24, 2.45) is 0 Å². The lowest BCUT2D eigenvalue weighted by Crippen LogP contribution is -2.26. The molecule has 0 aliphatic heterocycles. The molecular formula is C23H21BrClN5O2. The van der Waals surface area contributed by atoms with Gasteiger partial charge < -0.3 is 15.4 Å². The second-order valence-electron chi connectivity index (χ2n) is 6.97. The lowest BCUT2D eigenvalue weighted by molar-refractivity contribution is 0.0950. The Kier molecular flexibility index (Phi) is 6.92. The molecule has 2 aromatic carbocycles. The number of nitrogens with zero attached hydrogens (tertiary/aromatic N) is 3. The van der Waals surface area contributed by atoms with Gasteiger partial charge in [-0.15, -0.1) is 0 Å². The van der Waals surface area contributed by atoms with Crippen molar-refractivity contribution in [2.75, 3.05) is 25.5 Å². The van der Waals surface area contributed by atoms with Gasteiger partial charge in [0.2, 0.25) is 0 Å². The normalized spacial score (nSPS) is 10.8. The van der Waals surface area contributed by atoms with Gasteiger partial charge in [0.15, 0.2) is 5.65 Å². The number of halogens is 2. The van der Waals surface area contributed by atoms with Crippen molar-refractivity contribution in [3.63, 3.8) is 0 Å². The number of hydrogen-bond donors (Lipinski definition) is 2. The van der Waals surface area contributed by atoms with E-state index in [2.05, 4.69) is 31.7 Å². The fraction of sp³-hybridized carbons (Fsp3) is 0.174. The number of methoxy groups -OCH3 is 1. The van der Waals surface area contributed by atoms with Crippen LogP contribution in [0.15, 0.2) is 65.3 Å². The minimum absolute atomic E-state index is 0.161. The summed E-state index contributed by atoms with van der Waals surface area (Å²) >= 11 is 9.88. The van der Waals surface area contributed by atoms with Crippen molar-refractivity contribution < 1.29 is 9.53 Å². The molecule has 2 heterocycles. The van der Waals surface area contributed by atoms with E-state index < -0.39 is 0 Å². The zero-order valence-electron chi connectivity index (χ0n) is 17.3. The largest absolute Gasteiger partial charge is 0.496 e. The Morgan fingerprint density at radius 1 is 1.16 bits per heavy atom. The van der Waals surface area contributed by atoms with Gasteiger partial charge in [0, 0.05) is 29.7 Å². The number of anilines is 1. The molecule has 32 heavy (non-hydrogen) atoms. The van der Waals surface area contributed by atoms with E-state index in [0.717, 1.165) is 21.5 Å². The van der Waals surface area contributed by atoms with Gasteiger partial charge in [-0.05, 0) is 40.5 Å². The number of carbonyl (C=O) groups excluding carboxylic acids is 1. The maximum atomic E-state index is 12.4. The molecule has 0 fully saturated rings. The molecule has 0 aliphatic rings. The average molecular weight is 515 g/mol. The van der Waals surface area contributed by atoms with Crippen LogP contribution in [-0.4, -0.2) is 40.7 Å². The van der Waals surface area contributed by atoms with Crippen LogP contribution in [0, 0.1) is 0 Å². The summed E-state index contributed by atoms with van der Waals surface area (Å²) in [6.07, 6.45) is 2.42. The number of carbonyl (C=O) groups is 1. The smallest absolute Gasteiger partial charge is 0.255 e. The summed E-state index contributed by atoms with van der Waals surface area (Å²) in [7, 11) is 1.55. The molecule has 0 bridgehead atoms. The molecule has 7 nitrogen and oxygen atoms in total. The van der Waals surface area contributed by atoms with E-state index in [-0.39, 0.29) is 5.91 Å². The van der Waals surface area contributed by atoms with Crippen molar-refractivity contribution in [2.45, 2.75) is 6.42 Å². The Hall–Kier alpha value is -3.10. The molecule has 0 aliphatic carbocycles. The van der Waals surface area contributed by atoms with Crippen molar-refractivity contribution >= 4 is 44.9 Å². The molecule has 0 radical (unpaired) electrons. The number of fused-ring (bicyclic) bond motifs is 1. The molecule has 2 N–H and O–H groups in total.